The number of methoxy groups -OCH3 is 1. The molecule has 1 aromatic carbocycles. The van der Waals surface area contributed by atoms with E-state index in [1.165, 1.54) is 20.0 Å². The highest BCUT2D eigenvalue weighted by Gasteiger charge is 2.05. The van der Waals surface area contributed by atoms with Gasteiger partial charge < -0.3 is 9.84 Å². The lowest BCUT2D eigenvalue weighted by Crippen LogP contribution is -2.00. The van der Waals surface area contributed by atoms with Crippen LogP contribution in [0.4, 0.5) is 0 Å². The number of ether oxygens (including phenoxy) is 1. The van der Waals surface area contributed by atoms with Gasteiger partial charge in [0, 0.05) is 6.42 Å². The Morgan fingerprint density at radius 3 is 2.24 bits per heavy atom. The number of aryl methyl sites for hydroxylation is 2. The largest absolute Gasteiger partial charge is 0.507 e. The fraction of sp³-hybridized carbons (Fsp3) is 0.611. The standard InChI is InChI=1S/C12H16O3.C4H10.C2H6/c1-9-5-3-6-10(12(9)14)7-4-8-11(13)15-2;1-3-4-2;1-2/h3,5-6,14H,4,7-8H2,1-2H3;3-4H2,1-2H3;1-2H3. The minimum absolute atomic E-state index is 0.206. The van der Waals surface area contributed by atoms with E-state index in [1.807, 2.05) is 39.0 Å². The molecule has 1 N–H and O–H groups in total. The van der Waals surface area contributed by atoms with Gasteiger partial charge in [-0.05, 0) is 30.9 Å². The van der Waals surface area contributed by atoms with Gasteiger partial charge in [-0.15, -0.1) is 0 Å². The smallest absolute Gasteiger partial charge is 0.305 e. The third-order valence-electron chi connectivity index (χ3n) is 2.88. The number of phenolic OH excluding ortho intramolecular Hbond substituents is 1. The summed E-state index contributed by atoms with van der Waals surface area (Å²) in [5.74, 6) is 0.129. The van der Waals surface area contributed by atoms with Crippen LogP contribution >= 0.6 is 0 Å². The molecule has 0 aromatic heterocycles. The Morgan fingerprint density at radius 1 is 1.19 bits per heavy atom. The van der Waals surface area contributed by atoms with Gasteiger partial charge >= 0.3 is 5.97 Å². The van der Waals surface area contributed by atoms with Crippen molar-refractivity contribution >= 4 is 5.97 Å². The second-order valence-electron chi connectivity index (χ2n) is 4.51. The number of rotatable bonds is 5. The molecule has 0 aliphatic carbocycles. The lowest BCUT2D eigenvalue weighted by Gasteiger charge is -2.06. The Morgan fingerprint density at radius 2 is 1.76 bits per heavy atom. The molecule has 0 unspecified atom stereocenters. The summed E-state index contributed by atoms with van der Waals surface area (Å²) < 4.78 is 4.54. The van der Waals surface area contributed by atoms with Crippen LogP contribution in [-0.2, 0) is 16.0 Å². The van der Waals surface area contributed by atoms with Crippen LogP contribution in [0.5, 0.6) is 5.75 Å². The predicted molar refractivity (Wildman–Crippen MR) is 89.7 cm³/mol. The molecule has 0 aliphatic heterocycles. The van der Waals surface area contributed by atoms with E-state index in [9.17, 15) is 9.90 Å². The molecule has 1 aromatic rings. The van der Waals surface area contributed by atoms with E-state index in [2.05, 4.69) is 18.6 Å². The second-order valence-corrected chi connectivity index (χ2v) is 4.51. The van der Waals surface area contributed by atoms with Crippen LogP contribution in [0.15, 0.2) is 18.2 Å². The average molecular weight is 296 g/mol. The summed E-state index contributed by atoms with van der Waals surface area (Å²) in [6.07, 6.45) is 4.43. The summed E-state index contributed by atoms with van der Waals surface area (Å²) in [5.41, 5.74) is 1.75. The molecular formula is C18H32O3. The van der Waals surface area contributed by atoms with Crippen LogP contribution < -0.4 is 0 Å². The first-order chi connectivity index (χ1) is 10.1. The van der Waals surface area contributed by atoms with E-state index >= 15 is 0 Å². The van der Waals surface area contributed by atoms with Crippen LogP contribution in [0, 0.1) is 6.92 Å². The maximum atomic E-state index is 10.9. The zero-order chi connectivity index (χ0) is 16.7. The van der Waals surface area contributed by atoms with Crippen LogP contribution in [0.1, 0.15) is 64.5 Å². The Labute approximate surface area is 130 Å². The van der Waals surface area contributed by atoms with E-state index in [-0.39, 0.29) is 5.97 Å². The molecule has 0 bridgehead atoms. The van der Waals surface area contributed by atoms with Crippen molar-refractivity contribution in [1.82, 2.24) is 0 Å². The first kappa shape index (κ1) is 21.8. The van der Waals surface area contributed by atoms with Crippen LogP contribution in [0.25, 0.3) is 0 Å². The summed E-state index contributed by atoms with van der Waals surface area (Å²) in [6.45, 7) is 10.2. The van der Waals surface area contributed by atoms with Crippen molar-refractivity contribution in [1.29, 1.82) is 0 Å². The van der Waals surface area contributed by atoms with Gasteiger partial charge in [-0.2, -0.15) is 0 Å². The highest BCUT2D eigenvalue weighted by Crippen LogP contribution is 2.22. The molecule has 0 fully saturated rings. The minimum atomic E-state index is -0.206. The average Bonchev–Trinajstić information content (AvgIpc) is 2.53. The van der Waals surface area contributed by atoms with Crippen LogP contribution in [0.3, 0.4) is 0 Å². The zero-order valence-electron chi connectivity index (χ0n) is 14.5. The predicted octanol–water partition coefficient (Wildman–Crippen LogP) is 5.03. The fourth-order valence-corrected chi connectivity index (χ4v) is 1.45. The van der Waals surface area contributed by atoms with Crippen molar-refractivity contribution in [2.75, 3.05) is 7.11 Å². The highest BCUT2D eigenvalue weighted by molar-refractivity contribution is 5.69. The number of para-hydroxylation sites is 1. The SMILES string of the molecule is CC.CCCC.COC(=O)CCCc1cccc(C)c1O. The number of hydrogen-bond donors (Lipinski definition) is 1. The van der Waals surface area contributed by atoms with E-state index in [0.29, 0.717) is 25.0 Å². The van der Waals surface area contributed by atoms with E-state index in [1.54, 1.807) is 0 Å². The lowest BCUT2D eigenvalue weighted by atomic mass is 10.0. The normalized spacial score (nSPS) is 8.86. The zero-order valence-corrected chi connectivity index (χ0v) is 14.5. The van der Waals surface area contributed by atoms with Crippen molar-refractivity contribution in [2.45, 2.75) is 66.7 Å². The van der Waals surface area contributed by atoms with Gasteiger partial charge in [-0.3, -0.25) is 4.79 Å². The molecule has 122 valence electrons. The van der Waals surface area contributed by atoms with Gasteiger partial charge in [0.15, 0.2) is 0 Å². The molecule has 0 amide bonds. The second kappa shape index (κ2) is 14.9. The van der Waals surface area contributed by atoms with Crippen LogP contribution in [0.2, 0.25) is 0 Å². The molecule has 21 heavy (non-hydrogen) atoms. The number of carbonyl (C=O) groups is 1. The van der Waals surface area contributed by atoms with Gasteiger partial charge in [-0.1, -0.05) is 58.7 Å². The van der Waals surface area contributed by atoms with E-state index < -0.39 is 0 Å². The Kier molecular flexibility index (Phi) is 15.4. The van der Waals surface area contributed by atoms with Gasteiger partial charge in [0.25, 0.3) is 0 Å². The Balaban J connectivity index is 0. The molecule has 1 rings (SSSR count). The number of phenols is 1. The maximum Gasteiger partial charge on any atom is 0.305 e. The number of unbranched alkanes of at least 4 members (excludes halogenated alkanes) is 1. The first-order valence-corrected chi connectivity index (χ1v) is 7.91. The minimum Gasteiger partial charge on any atom is -0.507 e. The van der Waals surface area contributed by atoms with Gasteiger partial charge in [-0.25, -0.2) is 0 Å². The fourth-order valence-electron chi connectivity index (χ4n) is 1.45. The van der Waals surface area contributed by atoms with Crippen molar-refractivity contribution in [3.63, 3.8) is 0 Å². The molecule has 0 spiro atoms. The van der Waals surface area contributed by atoms with Gasteiger partial charge in [0.1, 0.15) is 5.75 Å². The topological polar surface area (TPSA) is 46.5 Å². The molecular weight excluding hydrogens is 264 g/mol. The summed E-state index contributed by atoms with van der Waals surface area (Å²) >= 11 is 0. The summed E-state index contributed by atoms with van der Waals surface area (Å²) in [6, 6.07) is 5.64. The van der Waals surface area contributed by atoms with Gasteiger partial charge in [0.05, 0.1) is 7.11 Å². The quantitative estimate of drug-likeness (QED) is 0.775. The number of benzene rings is 1. The first-order valence-electron chi connectivity index (χ1n) is 7.91. The van der Waals surface area contributed by atoms with Crippen molar-refractivity contribution in [3.8, 4) is 5.75 Å². The van der Waals surface area contributed by atoms with Crippen molar-refractivity contribution in [3.05, 3.63) is 29.3 Å². The molecule has 3 nitrogen and oxygen atoms in total. The van der Waals surface area contributed by atoms with Crippen molar-refractivity contribution in [2.24, 2.45) is 0 Å². The number of aromatic hydroxyl groups is 1. The van der Waals surface area contributed by atoms with E-state index in [0.717, 1.165) is 11.1 Å². The molecule has 0 saturated heterocycles. The van der Waals surface area contributed by atoms with Crippen LogP contribution in [-0.4, -0.2) is 18.2 Å². The summed E-state index contributed by atoms with van der Waals surface area (Å²) in [4.78, 5) is 10.9. The van der Waals surface area contributed by atoms with Crippen molar-refractivity contribution < 1.29 is 14.6 Å². The molecule has 0 atom stereocenters. The maximum absolute atomic E-state index is 10.9. The monoisotopic (exact) mass is 296 g/mol. The Hall–Kier alpha value is -1.51. The third-order valence-corrected chi connectivity index (χ3v) is 2.88. The number of esters is 1. The summed E-state index contributed by atoms with van der Waals surface area (Å²) in [5, 5.41) is 9.70. The third kappa shape index (κ3) is 10.9. The summed E-state index contributed by atoms with van der Waals surface area (Å²) in [7, 11) is 1.38. The number of hydrogen-bond acceptors (Lipinski definition) is 3. The molecule has 0 saturated carbocycles. The molecule has 0 aliphatic rings. The Bertz CT molecular complexity index is 371. The lowest BCUT2D eigenvalue weighted by molar-refractivity contribution is -0.140. The molecule has 0 radical (unpaired) electrons. The molecule has 0 heterocycles. The van der Waals surface area contributed by atoms with Gasteiger partial charge in [0.2, 0.25) is 0 Å². The van der Waals surface area contributed by atoms with E-state index in [4.69, 9.17) is 0 Å². The number of carbonyl (C=O) groups excluding carboxylic acids is 1. The molecule has 3 heteroatoms. The highest BCUT2D eigenvalue weighted by atomic mass is 16.5.